The topological polar surface area (TPSA) is 31.4 Å². The minimum absolute atomic E-state index is 0.119. The Kier molecular flexibility index (Phi) is 3.55. The average molecular weight is 235 g/mol. The Morgan fingerprint density at radius 2 is 1.94 bits per heavy atom. The Bertz CT molecular complexity index is 384. The molecule has 94 valence electrons. The van der Waals surface area contributed by atoms with E-state index in [1.165, 1.54) is 5.56 Å². The molecule has 1 saturated carbocycles. The van der Waals surface area contributed by atoms with Gasteiger partial charge in [0, 0.05) is 6.20 Å². The maximum Gasteiger partial charge on any atom is 0.257 e. The van der Waals surface area contributed by atoms with Crippen LogP contribution < -0.4 is 9.47 Å². The summed E-state index contributed by atoms with van der Waals surface area (Å²) >= 11 is 0. The van der Waals surface area contributed by atoms with E-state index in [1.807, 2.05) is 20.0 Å². The standard InChI is InChI=1S/C14H21NO2/c1-9(2)11-7-13(17-12-5-6-12)14(15-8-11)16-10(3)4/h7-10,12H,5-6H2,1-4H3. The lowest BCUT2D eigenvalue weighted by Gasteiger charge is -2.15. The molecule has 2 rings (SSSR count). The van der Waals surface area contributed by atoms with Crippen molar-refractivity contribution in [2.75, 3.05) is 0 Å². The quantitative estimate of drug-likeness (QED) is 0.782. The first-order valence-corrected chi connectivity index (χ1v) is 6.39. The van der Waals surface area contributed by atoms with Crippen LogP contribution in [0, 0.1) is 0 Å². The van der Waals surface area contributed by atoms with Crippen molar-refractivity contribution in [2.45, 2.75) is 58.7 Å². The van der Waals surface area contributed by atoms with Crippen LogP contribution in [-0.4, -0.2) is 17.2 Å². The number of aromatic nitrogens is 1. The van der Waals surface area contributed by atoms with Crippen LogP contribution in [-0.2, 0) is 0 Å². The molecule has 1 heterocycles. The minimum atomic E-state index is 0.119. The highest BCUT2D eigenvalue weighted by Gasteiger charge is 2.26. The van der Waals surface area contributed by atoms with Crippen molar-refractivity contribution < 1.29 is 9.47 Å². The van der Waals surface area contributed by atoms with Crippen LogP contribution >= 0.6 is 0 Å². The highest BCUT2D eigenvalue weighted by atomic mass is 16.5. The van der Waals surface area contributed by atoms with Crippen LogP contribution in [0.3, 0.4) is 0 Å². The Hall–Kier alpha value is -1.25. The molecule has 1 aromatic rings. The molecule has 0 atom stereocenters. The predicted molar refractivity (Wildman–Crippen MR) is 67.7 cm³/mol. The Morgan fingerprint density at radius 1 is 1.24 bits per heavy atom. The third-order valence-electron chi connectivity index (χ3n) is 2.67. The largest absolute Gasteiger partial charge is 0.485 e. The summed E-state index contributed by atoms with van der Waals surface area (Å²) in [7, 11) is 0. The Morgan fingerprint density at radius 3 is 2.47 bits per heavy atom. The zero-order valence-corrected chi connectivity index (χ0v) is 11.1. The van der Waals surface area contributed by atoms with Crippen LogP contribution in [0.25, 0.3) is 0 Å². The van der Waals surface area contributed by atoms with Gasteiger partial charge in [-0.2, -0.15) is 0 Å². The fraction of sp³-hybridized carbons (Fsp3) is 0.643. The SMILES string of the molecule is CC(C)Oc1ncc(C(C)C)cc1OC1CC1. The van der Waals surface area contributed by atoms with Crippen molar-refractivity contribution in [3.8, 4) is 11.6 Å². The van der Waals surface area contributed by atoms with E-state index < -0.39 is 0 Å². The second kappa shape index (κ2) is 4.94. The van der Waals surface area contributed by atoms with Gasteiger partial charge in [0.15, 0.2) is 5.75 Å². The molecule has 0 aliphatic heterocycles. The van der Waals surface area contributed by atoms with Crippen molar-refractivity contribution in [3.63, 3.8) is 0 Å². The third-order valence-corrected chi connectivity index (χ3v) is 2.67. The lowest BCUT2D eigenvalue weighted by atomic mass is 10.1. The molecule has 0 amide bonds. The summed E-state index contributed by atoms with van der Waals surface area (Å²) < 4.78 is 11.5. The highest BCUT2D eigenvalue weighted by Crippen LogP contribution is 2.34. The molecule has 0 bridgehead atoms. The molecule has 0 saturated heterocycles. The van der Waals surface area contributed by atoms with Crippen molar-refractivity contribution in [1.29, 1.82) is 0 Å². The zero-order valence-electron chi connectivity index (χ0n) is 11.1. The molecule has 0 spiro atoms. The van der Waals surface area contributed by atoms with E-state index in [0.29, 0.717) is 17.9 Å². The molecule has 3 heteroatoms. The predicted octanol–water partition coefficient (Wildman–Crippen LogP) is 3.53. The lowest BCUT2D eigenvalue weighted by Crippen LogP contribution is -2.10. The molecule has 0 aromatic carbocycles. The molecule has 0 radical (unpaired) electrons. The van der Waals surface area contributed by atoms with Gasteiger partial charge in [-0.25, -0.2) is 4.98 Å². The normalized spacial score (nSPS) is 15.4. The van der Waals surface area contributed by atoms with Gasteiger partial charge in [-0.3, -0.25) is 0 Å². The maximum atomic E-state index is 5.86. The van der Waals surface area contributed by atoms with Gasteiger partial charge in [-0.1, -0.05) is 13.8 Å². The van der Waals surface area contributed by atoms with Crippen LogP contribution in [0.1, 0.15) is 52.0 Å². The van der Waals surface area contributed by atoms with E-state index in [-0.39, 0.29) is 6.10 Å². The van der Waals surface area contributed by atoms with Gasteiger partial charge in [0.25, 0.3) is 5.88 Å². The summed E-state index contributed by atoms with van der Waals surface area (Å²) in [6.45, 7) is 8.31. The highest BCUT2D eigenvalue weighted by molar-refractivity contribution is 5.38. The van der Waals surface area contributed by atoms with Gasteiger partial charge in [0.05, 0.1) is 12.2 Å². The van der Waals surface area contributed by atoms with Crippen LogP contribution in [0.4, 0.5) is 0 Å². The zero-order chi connectivity index (χ0) is 12.4. The van der Waals surface area contributed by atoms with E-state index in [4.69, 9.17) is 9.47 Å². The fourth-order valence-electron chi connectivity index (χ4n) is 1.52. The molecule has 17 heavy (non-hydrogen) atoms. The first-order valence-electron chi connectivity index (χ1n) is 6.39. The van der Waals surface area contributed by atoms with E-state index >= 15 is 0 Å². The molecule has 1 fully saturated rings. The molecule has 1 aliphatic carbocycles. The van der Waals surface area contributed by atoms with Gasteiger partial charge >= 0.3 is 0 Å². The van der Waals surface area contributed by atoms with E-state index in [9.17, 15) is 0 Å². The van der Waals surface area contributed by atoms with Gasteiger partial charge in [-0.05, 0) is 44.2 Å². The average Bonchev–Trinajstić information content (AvgIpc) is 3.03. The summed E-state index contributed by atoms with van der Waals surface area (Å²) in [5.41, 5.74) is 1.19. The summed E-state index contributed by atoms with van der Waals surface area (Å²) in [5.74, 6) is 1.88. The molecule has 1 aromatic heterocycles. The van der Waals surface area contributed by atoms with E-state index in [2.05, 4.69) is 24.9 Å². The summed E-state index contributed by atoms with van der Waals surface area (Å²) in [6, 6.07) is 2.06. The minimum Gasteiger partial charge on any atom is -0.485 e. The van der Waals surface area contributed by atoms with Gasteiger partial charge in [0.1, 0.15) is 0 Å². The number of hydrogen-bond acceptors (Lipinski definition) is 3. The number of pyridine rings is 1. The number of ether oxygens (including phenoxy) is 2. The summed E-state index contributed by atoms with van der Waals surface area (Å²) in [6.07, 6.45) is 4.66. The number of rotatable bonds is 5. The van der Waals surface area contributed by atoms with Crippen molar-refractivity contribution >= 4 is 0 Å². The monoisotopic (exact) mass is 235 g/mol. The van der Waals surface area contributed by atoms with Crippen LogP contribution in [0.5, 0.6) is 11.6 Å². The van der Waals surface area contributed by atoms with Crippen molar-refractivity contribution in [2.24, 2.45) is 0 Å². The summed E-state index contributed by atoms with van der Waals surface area (Å²) in [5, 5.41) is 0. The molecular weight excluding hydrogens is 214 g/mol. The molecular formula is C14H21NO2. The van der Waals surface area contributed by atoms with Gasteiger partial charge in [0.2, 0.25) is 0 Å². The van der Waals surface area contributed by atoms with Crippen molar-refractivity contribution in [1.82, 2.24) is 4.98 Å². The third kappa shape index (κ3) is 3.35. The molecule has 0 N–H and O–H groups in total. The van der Waals surface area contributed by atoms with E-state index in [0.717, 1.165) is 18.6 Å². The van der Waals surface area contributed by atoms with Crippen LogP contribution in [0.15, 0.2) is 12.3 Å². The molecule has 0 unspecified atom stereocenters. The second-order valence-electron chi connectivity index (χ2n) is 5.21. The number of nitrogens with zero attached hydrogens (tertiary/aromatic N) is 1. The summed E-state index contributed by atoms with van der Waals surface area (Å²) in [4.78, 5) is 4.37. The second-order valence-corrected chi connectivity index (χ2v) is 5.21. The fourth-order valence-corrected chi connectivity index (χ4v) is 1.52. The van der Waals surface area contributed by atoms with Gasteiger partial charge in [-0.15, -0.1) is 0 Å². The first kappa shape index (κ1) is 12.2. The van der Waals surface area contributed by atoms with Crippen LogP contribution in [0.2, 0.25) is 0 Å². The number of hydrogen-bond donors (Lipinski definition) is 0. The molecule has 3 nitrogen and oxygen atoms in total. The van der Waals surface area contributed by atoms with Gasteiger partial charge < -0.3 is 9.47 Å². The van der Waals surface area contributed by atoms with Crippen molar-refractivity contribution in [3.05, 3.63) is 17.8 Å². The van der Waals surface area contributed by atoms with E-state index in [1.54, 1.807) is 0 Å². The Labute approximate surface area is 103 Å². The molecule has 1 aliphatic rings. The smallest absolute Gasteiger partial charge is 0.257 e. The lowest BCUT2D eigenvalue weighted by molar-refractivity contribution is 0.208. The maximum absolute atomic E-state index is 5.86. The Balaban J connectivity index is 2.22. The first-order chi connectivity index (χ1) is 8.06.